The highest BCUT2D eigenvalue weighted by Crippen LogP contribution is 2.34. The summed E-state index contributed by atoms with van der Waals surface area (Å²) in [6.45, 7) is 16.5. The minimum absolute atomic E-state index is 0.314. The molecule has 4 atom stereocenters. The van der Waals surface area contributed by atoms with Gasteiger partial charge in [0.2, 0.25) is 0 Å². The van der Waals surface area contributed by atoms with E-state index < -0.39 is 44.2 Å². The van der Waals surface area contributed by atoms with E-state index in [1.165, 1.54) is 0 Å². The summed E-state index contributed by atoms with van der Waals surface area (Å²) in [5, 5.41) is 9.78. The molecule has 0 bridgehead atoms. The van der Waals surface area contributed by atoms with Crippen LogP contribution in [-0.2, 0) is 18.9 Å². The highest BCUT2D eigenvalue weighted by Gasteiger charge is 2.45. The number of aryl methyl sites for hydroxylation is 2. The Balaban J connectivity index is 1.83. The Morgan fingerprint density at radius 3 is 2.40 bits per heavy atom. The molecule has 3 unspecified atom stereocenters. The van der Waals surface area contributed by atoms with E-state index in [0.29, 0.717) is 30.6 Å². The number of benzene rings is 2. The molecule has 7 nitrogen and oxygen atoms in total. The van der Waals surface area contributed by atoms with Crippen LogP contribution < -0.4 is 0 Å². The smallest absolute Gasteiger partial charge is 0.338 e. The van der Waals surface area contributed by atoms with Crippen LogP contribution in [0.4, 0.5) is 0 Å². The molecule has 43 heavy (non-hydrogen) atoms. The van der Waals surface area contributed by atoms with Gasteiger partial charge in [-0.05, 0) is 82.8 Å². The van der Waals surface area contributed by atoms with Crippen molar-refractivity contribution in [2.24, 2.45) is 0 Å². The lowest BCUT2D eigenvalue weighted by Crippen LogP contribution is -2.37. The van der Waals surface area contributed by atoms with Crippen molar-refractivity contribution in [3.63, 3.8) is 0 Å². The first-order chi connectivity index (χ1) is 20.1. The predicted molar refractivity (Wildman–Crippen MR) is 173 cm³/mol. The Morgan fingerprint density at radius 2 is 1.74 bits per heavy atom. The number of hydrogen-bond donors (Lipinski definition) is 1. The van der Waals surface area contributed by atoms with Gasteiger partial charge in [0.1, 0.15) is 12.2 Å². The molecular formula is C35H48O7Si. The van der Waals surface area contributed by atoms with E-state index in [0.717, 1.165) is 22.7 Å². The summed E-state index contributed by atoms with van der Waals surface area (Å²) in [7, 11) is -1.33. The second kappa shape index (κ2) is 15.1. The van der Waals surface area contributed by atoms with Crippen LogP contribution in [0.1, 0.15) is 71.0 Å². The van der Waals surface area contributed by atoms with Gasteiger partial charge in [0.05, 0.1) is 29.9 Å². The molecule has 234 valence electrons. The number of ether oxygens (including phenoxy) is 4. The zero-order valence-corrected chi connectivity index (χ0v) is 27.9. The van der Waals surface area contributed by atoms with Crippen LogP contribution in [0.3, 0.4) is 0 Å². The maximum Gasteiger partial charge on any atom is 0.338 e. The van der Waals surface area contributed by atoms with Gasteiger partial charge >= 0.3 is 11.9 Å². The van der Waals surface area contributed by atoms with E-state index in [2.05, 4.69) is 19.6 Å². The molecule has 1 heterocycles. The van der Waals surface area contributed by atoms with Gasteiger partial charge in [0.15, 0.2) is 5.79 Å². The molecule has 0 spiro atoms. The SMILES string of the molecule is Cc1cc(C)c(C(=O)OCC[Si](C)(C)C)c(/C=C/C[C@@H]2OC(C)(C)OC2C(/C=C\CC(C)O)OC(=O)c2ccccc2)c1. The first kappa shape index (κ1) is 34.4. The largest absolute Gasteiger partial charge is 0.462 e. The highest BCUT2D eigenvalue weighted by molar-refractivity contribution is 6.76. The minimum Gasteiger partial charge on any atom is -0.462 e. The fraction of sp³-hybridized carbons (Fsp3) is 0.486. The molecule has 1 N–H and O–H groups in total. The molecule has 0 aliphatic carbocycles. The van der Waals surface area contributed by atoms with Crippen molar-refractivity contribution < 1.29 is 33.6 Å². The fourth-order valence-electron chi connectivity index (χ4n) is 4.98. The topological polar surface area (TPSA) is 91.3 Å². The third-order valence-electron chi connectivity index (χ3n) is 7.07. The maximum absolute atomic E-state index is 13.1. The zero-order chi connectivity index (χ0) is 31.8. The molecule has 1 fully saturated rings. The zero-order valence-electron chi connectivity index (χ0n) is 26.9. The summed E-state index contributed by atoms with van der Waals surface area (Å²) in [5.41, 5.74) is 3.70. The number of aliphatic hydroxyl groups excluding tert-OH is 1. The van der Waals surface area contributed by atoms with Gasteiger partial charge in [-0.2, -0.15) is 0 Å². The number of esters is 2. The Kier molecular flexibility index (Phi) is 12.1. The summed E-state index contributed by atoms with van der Waals surface area (Å²) >= 11 is 0. The van der Waals surface area contributed by atoms with Crippen LogP contribution in [0, 0.1) is 13.8 Å². The molecule has 2 aromatic carbocycles. The van der Waals surface area contributed by atoms with Crippen molar-refractivity contribution in [3.05, 3.63) is 88.5 Å². The quantitative estimate of drug-likeness (QED) is 0.145. The molecule has 0 saturated carbocycles. The number of aliphatic hydroxyl groups is 1. The Hall–Kier alpha value is -3.04. The van der Waals surface area contributed by atoms with Crippen LogP contribution in [0.2, 0.25) is 25.7 Å². The normalized spacial score (nSPS) is 19.9. The Bertz CT molecular complexity index is 1290. The number of carbonyl (C=O) groups excluding carboxylic acids is 2. The van der Waals surface area contributed by atoms with E-state index >= 15 is 0 Å². The van der Waals surface area contributed by atoms with E-state index in [9.17, 15) is 14.7 Å². The van der Waals surface area contributed by atoms with Gasteiger partial charge in [-0.15, -0.1) is 0 Å². The lowest BCUT2D eigenvalue weighted by molar-refractivity contribution is -0.152. The van der Waals surface area contributed by atoms with E-state index in [4.69, 9.17) is 18.9 Å². The predicted octanol–water partition coefficient (Wildman–Crippen LogP) is 7.27. The number of rotatable bonds is 13. The molecule has 1 saturated heterocycles. The van der Waals surface area contributed by atoms with Gasteiger partial charge in [-0.3, -0.25) is 0 Å². The lowest BCUT2D eigenvalue weighted by atomic mass is 9.97. The van der Waals surface area contributed by atoms with Crippen LogP contribution in [0.15, 0.2) is 60.7 Å². The van der Waals surface area contributed by atoms with Crippen LogP contribution in [0.5, 0.6) is 0 Å². The summed E-state index contributed by atoms with van der Waals surface area (Å²) in [6.07, 6.45) is 6.00. The second-order valence-electron chi connectivity index (χ2n) is 13.0. The Morgan fingerprint density at radius 1 is 1.05 bits per heavy atom. The maximum atomic E-state index is 13.1. The molecule has 8 heteroatoms. The van der Waals surface area contributed by atoms with Crippen molar-refractivity contribution in [1.82, 2.24) is 0 Å². The van der Waals surface area contributed by atoms with Crippen molar-refractivity contribution >= 4 is 26.1 Å². The van der Waals surface area contributed by atoms with E-state index in [-0.39, 0.29) is 5.97 Å². The molecule has 0 aromatic heterocycles. The molecule has 1 aliphatic rings. The van der Waals surface area contributed by atoms with Crippen LogP contribution in [0.25, 0.3) is 6.08 Å². The molecule has 3 rings (SSSR count). The molecule has 0 radical (unpaired) electrons. The van der Waals surface area contributed by atoms with Gasteiger partial charge in [0.25, 0.3) is 0 Å². The van der Waals surface area contributed by atoms with E-state index in [1.807, 2.05) is 58.0 Å². The molecule has 2 aromatic rings. The van der Waals surface area contributed by atoms with Crippen molar-refractivity contribution in [2.45, 2.75) is 103 Å². The van der Waals surface area contributed by atoms with Gasteiger partial charge in [-0.25, -0.2) is 9.59 Å². The van der Waals surface area contributed by atoms with Gasteiger partial charge < -0.3 is 24.1 Å². The summed E-state index contributed by atoms with van der Waals surface area (Å²) in [4.78, 5) is 26.2. The standard InChI is InChI=1S/C35H48O7Si/c1-24-22-25(2)31(34(38)39-20-21-43(6,7)8)28(23-24)17-13-19-30-32(42-35(4,5)41-30)29(18-12-14-26(3)36)40-33(37)27-15-10-9-11-16-27/h9-13,15-18,22-23,26,29-30,32,36H,14,19-21H2,1-8H3/b17-13+,18-12-/t26?,29?,30-,32?/m0/s1. The number of hydrogen-bond acceptors (Lipinski definition) is 7. The first-order valence-electron chi connectivity index (χ1n) is 15.1. The van der Waals surface area contributed by atoms with Gasteiger partial charge in [-0.1, -0.05) is 73.8 Å². The molecule has 1 aliphatic heterocycles. The third kappa shape index (κ3) is 10.9. The second-order valence-corrected chi connectivity index (χ2v) is 18.6. The van der Waals surface area contributed by atoms with Crippen molar-refractivity contribution in [1.29, 1.82) is 0 Å². The average Bonchev–Trinajstić information content (AvgIpc) is 3.21. The number of carbonyl (C=O) groups is 2. The fourth-order valence-corrected chi connectivity index (χ4v) is 5.69. The first-order valence-corrected chi connectivity index (χ1v) is 18.8. The molecule has 0 amide bonds. The lowest BCUT2D eigenvalue weighted by Gasteiger charge is -2.24. The average molecular weight is 609 g/mol. The summed E-state index contributed by atoms with van der Waals surface area (Å²) < 4.78 is 24.2. The monoisotopic (exact) mass is 608 g/mol. The Labute approximate surface area is 257 Å². The van der Waals surface area contributed by atoms with Crippen molar-refractivity contribution in [2.75, 3.05) is 6.61 Å². The third-order valence-corrected chi connectivity index (χ3v) is 8.77. The van der Waals surface area contributed by atoms with E-state index in [1.54, 1.807) is 43.3 Å². The minimum atomic E-state index is -1.33. The highest BCUT2D eigenvalue weighted by atomic mass is 28.3. The summed E-state index contributed by atoms with van der Waals surface area (Å²) in [5.74, 6) is -1.68. The van der Waals surface area contributed by atoms with Crippen molar-refractivity contribution in [3.8, 4) is 0 Å². The molecular weight excluding hydrogens is 560 g/mol. The van der Waals surface area contributed by atoms with Crippen LogP contribution in [-0.4, -0.2) is 61.9 Å². The van der Waals surface area contributed by atoms with Crippen LogP contribution >= 0.6 is 0 Å². The van der Waals surface area contributed by atoms with Gasteiger partial charge in [0, 0.05) is 8.07 Å². The summed E-state index contributed by atoms with van der Waals surface area (Å²) in [6, 6.07) is 13.7.